The fraction of sp³-hybridized carbons (Fsp3) is 0.333. The lowest BCUT2D eigenvalue weighted by molar-refractivity contribution is 0.539. The fourth-order valence-electron chi connectivity index (χ4n) is 2.04. The van der Waals surface area contributed by atoms with Crippen LogP contribution in [0, 0.1) is 18.6 Å². The molecule has 1 aromatic carbocycles. The molecule has 0 spiro atoms. The maximum atomic E-state index is 14.2. The molecule has 0 bridgehead atoms. The minimum absolute atomic E-state index is 0.200. The Morgan fingerprint density at radius 1 is 1.29 bits per heavy atom. The lowest BCUT2D eigenvalue weighted by Crippen LogP contribution is -2.23. The Morgan fingerprint density at radius 3 is 2.57 bits per heavy atom. The third-order valence-electron chi connectivity index (χ3n) is 3.11. The van der Waals surface area contributed by atoms with Gasteiger partial charge in [-0.15, -0.1) is 11.3 Å². The van der Waals surface area contributed by atoms with E-state index in [1.165, 1.54) is 6.07 Å². The van der Waals surface area contributed by atoms with Crippen LogP contribution in [0.15, 0.2) is 22.7 Å². The summed E-state index contributed by atoms with van der Waals surface area (Å²) in [6.07, 6.45) is 0.902. The zero-order valence-electron chi connectivity index (χ0n) is 11.6. The van der Waals surface area contributed by atoms with Gasteiger partial charge < -0.3 is 5.32 Å². The highest BCUT2D eigenvalue weighted by Crippen LogP contribution is 2.35. The summed E-state index contributed by atoms with van der Waals surface area (Å²) in [4.78, 5) is 2.04. The molecule has 0 saturated heterocycles. The van der Waals surface area contributed by atoms with Crippen molar-refractivity contribution < 1.29 is 8.78 Å². The van der Waals surface area contributed by atoms with Crippen molar-refractivity contribution in [3.63, 3.8) is 0 Å². The average molecular weight is 395 g/mol. The summed E-state index contributed by atoms with van der Waals surface area (Å²) in [6.45, 7) is 4.72. The van der Waals surface area contributed by atoms with Gasteiger partial charge in [0.05, 0.1) is 11.1 Å². The highest BCUT2D eigenvalue weighted by Gasteiger charge is 2.22. The number of hydrogen-bond donors (Lipinski definition) is 1. The predicted molar refractivity (Wildman–Crippen MR) is 88.3 cm³/mol. The first kappa shape index (κ1) is 16.9. The lowest BCUT2D eigenvalue weighted by atomic mass is 10.0. The van der Waals surface area contributed by atoms with E-state index in [0.717, 1.165) is 26.7 Å². The monoisotopic (exact) mass is 393 g/mol. The molecule has 0 aliphatic rings. The second kappa shape index (κ2) is 7.18. The molecule has 6 heteroatoms. The third kappa shape index (κ3) is 3.83. The first-order chi connectivity index (χ1) is 9.93. The van der Waals surface area contributed by atoms with E-state index in [4.69, 9.17) is 11.6 Å². The van der Waals surface area contributed by atoms with Crippen molar-refractivity contribution in [2.75, 3.05) is 6.54 Å². The van der Waals surface area contributed by atoms with Crippen molar-refractivity contribution in [3.05, 3.63) is 54.6 Å². The van der Waals surface area contributed by atoms with E-state index in [-0.39, 0.29) is 16.6 Å². The third-order valence-corrected chi connectivity index (χ3v) is 5.60. The summed E-state index contributed by atoms with van der Waals surface area (Å²) >= 11 is 10.6. The molecule has 21 heavy (non-hydrogen) atoms. The first-order valence-electron chi connectivity index (χ1n) is 6.57. The average Bonchev–Trinajstić information content (AvgIpc) is 2.75. The van der Waals surface area contributed by atoms with Crippen molar-refractivity contribution in [1.29, 1.82) is 0 Å². The van der Waals surface area contributed by atoms with Gasteiger partial charge in [0.1, 0.15) is 11.6 Å². The van der Waals surface area contributed by atoms with E-state index in [1.54, 1.807) is 11.3 Å². The second-order valence-electron chi connectivity index (χ2n) is 4.73. The number of aryl methyl sites for hydroxylation is 1. The second-order valence-corrected chi connectivity index (χ2v) is 7.28. The number of hydrogen-bond acceptors (Lipinski definition) is 2. The smallest absolute Gasteiger partial charge is 0.142 e. The van der Waals surface area contributed by atoms with Gasteiger partial charge in [0.25, 0.3) is 0 Å². The van der Waals surface area contributed by atoms with Gasteiger partial charge in [0.2, 0.25) is 0 Å². The van der Waals surface area contributed by atoms with E-state index in [1.807, 2.05) is 19.9 Å². The van der Waals surface area contributed by atoms with E-state index >= 15 is 0 Å². The summed E-state index contributed by atoms with van der Waals surface area (Å²) < 4.78 is 28.9. The highest BCUT2D eigenvalue weighted by molar-refractivity contribution is 9.10. The number of benzene rings is 1. The van der Waals surface area contributed by atoms with Crippen LogP contribution in [-0.4, -0.2) is 6.54 Å². The first-order valence-corrected chi connectivity index (χ1v) is 8.56. The topological polar surface area (TPSA) is 12.0 Å². The quantitative estimate of drug-likeness (QED) is 0.628. The molecule has 114 valence electrons. The molecular formula is C15H15BrClF2NS. The van der Waals surface area contributed by atoms with Gasteiger partial charge in [0, 0.05) is 19.8 Å². The van der Waals surface area contributed by atoms with Crippen LogP contribution in [-0.2, 0) is 0 Å². The predicted octanol–water partition coefficient (Wildman–Crippen LogP) is 5.84. The fourth-order valence-corrected chi connectivity index (χ4v) is 3.84. The Morgan fingerprint density at radius 2 is 2.00 bits per heavy atom. The molecule has 1 N–H and O–H groups in total. The van der Waals surface area contributed by atoms with Crippen LogP contribution < -0.4 is 5.32 Å². The molecule has 0 radical (unpaired) electrons. The Kier molecular flexibility index (Phi) is 5.77. The Labute approximate surface area is 140 Å². The molecule has 0 aliphatic carbocycles. The minimum Gasteiger partial charge on any atom is -0.306 e. The zero-order valence-corrected chi connectivity index (χ0v) is 14.8. The van der Waals surface area contributed by atoms with E-state index in [2.05, 4.69) is 21.2 Å². The summed E-state index contributed by atoms with van der Waals surface area (Å²) in [5.41, 5.74) is 0.277. The normalized spacial score (nSPS) is 12.7. The van der Waals surface area contributed by atoms with Gasteiger partial charge in [0.15, 0.2) is 0 Å². The number of thiophene rings is 1. The summed E-state index contributed by atoms with van der Waals surface area (Å²) in [6, 6.07) is 3.77. The summed E-state index contributed by atoms with van der Waals surface area (Å²) in [7, 11) is 0. The molecule has 0 aliphatic heterocycles. The van der Waals surface area contributed by atoms with Crippen LogP contribution in [0.1, 0.15) is 34.7 Å². The number of rotatable bonds is 5. The molecular weight excluding hydrogens is 380 g/mol. The van der Waals surface area contributed by atoms with Gasteiger partial charge in [-0.1, -0.05) is 18.5 Å². The molecule has 1 atom stereocenters. The molecule has 2 aromatic rings. The molecule has 0 fully saturated rings. The summed E-state index contributed by atoms with van der Waals surface area (Å²) in [5.74, 6) is -1.11. The zero-order chi connectivity index (χ0) is 15.6. The van der Waals surface area contributed by atoms with Crippen molar-refractivity contribution in [3.8, 4) is 0 Å². The summed E-state index contributed by atoms with van der Waals surface area (Å²) in [5, 5.41) is 3.07. The Hall–Kier alpha value is -0.490. The maximum absolute atomic E-state index is 14.2. The van der Waals surface area contributed by atoms with Crippen molar-refractivity contribution in [1.82, 2.24) is 5.32 Å². The van der Waals surface area contributed by atoms with E-state index in [9.17, 15) is 8.78 Å². The standard InChI is InChI=1S/C15H15BrClF2NS/c1-3-4-20-15(14-6-10(16)8(2)21-14)9-5-13(19)11(17)7-12(9)18/h5-7,15,20H,3-4H2,1-2H3. The highest BCUT2D eigenvalue weighted by atomic mass is 79.9. The Balaban J connectivity index is 2.47. The van der Waals surface area contributed by atoms with Crippen LogP contribution in [0.25, 0.3) is 0 Å². The van der Waals surface area contributed by atoms with Gasteiger partial charge in [-0.3, -0.25) is 0 Å². The molecule has 2 rings (SSSR count). The van der Waals surface area contributed by atoms with Crippen LogP contribution in [0.3, 0.4) is 0 Å². The maximum Gasteiger partial charge on any atom is 0.142 e. The molecule has 0 saturated carbocycles. The number of halogens is 4. The molecule has 1 unspecified atom stereocenters. The van der Waals surface area contributed by atoms with Crippen molar-refractivity contribution in [2.45, 2.75) is 26.3 Å². The number of nitrogens with one attached hydrogen (secondary N) is 1. The van der Waals surface area contributed by atoms with Gasteiger partial charge in [-0.25, -0.2) is 8.78 Å². The minimum atomic E-state index is -0.608. The Bertz CT molecular complexity index is 625. The molecule has 1 aromatic heterocycles. The molecule has 1 nitrogen and oxygen atoms in total. The van der Waals surface area contributed by atoms with Crippen molar-refractivity contribution >= 4 is 38.9 Å². The van der Waals surface area contributed by atoms with Gasteiger partial charge in [-0.2, -0.15) is 0 Å². The van der Waals surface area contributed by atoms with Gasteiger partial charge >= 0.3 is 0 Å². The van der Waals surface area contributed by atoms with Crippen LogP contribution in [0.4, 0.5) is 8.78 Å². The van der Waals surface area contributed by atoms with Crippen LogP contribution in [0.2, 0.25) is 5.02 Å². The largest absolute Gasteiger partial charge is 0.306 e. The molecule has 0 amide bonds. The van der Waals surface area contributed by atoms with Crippen molar-refractivity contribution in [2.24, 2.45) is 0 Å². The van der Waals surface area contributed by atoms with Crippen LogP contribution >= 0.6 is 38.9 Å². The van der Waals surface area contributed by atoms with E-state index < -0.39 is 11.6 Å². The van der Waals surface area contributed by atoms with Crippen LogP contribution in [0.5, 0.6) is 0 Å². The van der Waals surface area contributed by atoms with E-state index in [0.29, 0.717) is 6.54 Å². The lowest BCUT2D eigenvalue weighted by Gasteiger charge is -2.19. The SMILES string of the molecule is CCCNC(c1cc(Br)c(C)s1)c1cc(F)c(Cl)cc1F. The molecule has 1 heterocycles. The van der Waals surface area contributed by atoms with Gasteiger partial charge in [-0.05, 0) is 54.0 Å².